The van der Waals surface area contributed by atoms with E-state index in [1.165, 1.54) is 26.2 Å². The van der Waals surface area contributed by atoms with Crippen LogP contribution in [-0.2, 0) is 24.4 Å². The average molecular weight is 336 g/mol. The summed E-state index contributed by atoms with van der Waals surface area (Å²) in [7, 11) is -5.93. The Bertz CT molecular complexity index is 761. The van der Waals surface area contributed by atoms with Crippen LogP contribution in [0.2, 0.25) is 0 Å². The molecular formula is C12H16O7S2. The molecule has 0 saturated heterocycles. The summed E-state index contributed by atoms with van der Waals surface area (Å²) in [6.45, 7) is 1.46. The number of methoxy groups -OCH3 is 1. The van der Waals surface area contributed by atoms with Gasteiger partial charge in [-0.2, -0.15) is 0 Å². The first-order chi connectivity index (χ1) is 9.47. The Morgan fingerprint density at radius 3 is 2.14 bits per heavy atom. The first kappa shape index (κ1) is 17.4. The maximum absolute atomic E-state index is 11.7. The fourth-order valence-electron chi connectivity index (χ4n) is 1.64. The van der Waals surface area contributed by atoms with Crippen LogP contribution >= 0.6 is 0 Å². The molecular weight excluding hydrogens is 320 g/mol. The quantitative estimate of drug-likeness (QED) is 0.724. The molecule has 1 aromatic carbocycles. The third kappa shape index (κ3) is 4.43. The van der Waals surface area contributed by atoms with Gasteiger partial charge in [-0.05, 0) is 19.1 Å². The van der Waals surface area contributed by atoms with Gasteiger partial charge in [0.1, 0.15) is 10.6 Å². The zero-order chi connectivity index (χ0) is 16.4. The topological polar surface area (TPSA) is 104 Å². The van der Waals surface area contributed by atoms with Crippen molar-refractivity contribution < 1.29 is 31.1 Å². The molecule has 0 aliphatic carbocycles. The third-order valence-electron chi connectivity index (χ3n) is 2.59. The molecule has 1 rings (SSSR count). The molecule has 1 aromatic rings. The smallest absolute Gasteiger partial charge is 0.338 e. The van der Waals surface area contributed by atoms with E-state index in [1.54, 1.807) is 0 Å². The molecule has 0 amide bonds. The summed E-state index contributed by atoms with van der Waals surface area (Å²) in [4.78, 5) is 11.4. The van der Waals surface area contributed by atoms with E-state index in [0.717, 1.165) is 12.5 Å². The van der Waals surface area contributed by atoms with Crippen molar-refractivity contribution in [2.45, 2.75) is 11.8 Å². The molecule has 0 heterocycles. The van der Waals surface area contributed by atoms with E-state index in [-0.39, 0.29) is 21.8 Å². The number of ether oxygens (including phenoxy) is 2. The minimum absolute atomic E-state index is 0.105. The maximum atomic E-state index is 11.7. The number of carbonyl (C=O) groups is 1. The molecule has 0 aliphatic rings. The molecule has 0 N–H and O–H groups in total. The van der Waals surface area contributed by atoms with E-state index < -0.39 is 31.6 Å². The Morgan fingerprint density at radius 2 is 1.71 bits per heavy atom. The molecule has 0 atom stereocenters. The van der Waals surface area contributed by atoms with Gasteiger partial charge in [-0.3, -0.25) is 0 Å². The molecule has 0 aliphatic heterocycles. The molecule has 0 radical (unpaired) electrons. The normalized spacial score (nSPS) is 12.0. The molecule has 0 saturated carbocycles. The van der Waals surface area contributed by atoms with Gasteiger partial charge in [-0.25, -0.2) is 21.6 Å². The number of rotatable bonds is 5. The summed E-state index contributed by atoms with van der Waals surface area (Å²) >= 11 is 0. The fourth-order valence-corrected chi connectivity index (χ4v) is 2.83. The summed E-state index contributed by atoms with van der Waals surface area (Å²) < 4.78 is 55.5. The Morgan fingerprint density at radius 1 is 1.14 bits per heavy atom. The number of esters is 1. The second-order valence-corrected chi connectivity index (χ2v) is 8.59. The summed E-state index contributed by atoms with van der Waals surface area (Å²) in [5, 5.41) is 0. The maximum Gasteiger partial charge on any atom is 0.338 e. The van der Waals surface area contributed by atoms with Crippen LogP contribution in [0.4, 0.5) is 0 Å². The first-order valence-corrected chi connectivity index (χ1v) is 9.65. The predicted molar refractivity (Wildman–Crippen MR) is 76.0 cm³/mol. The minimum atomic E-state index is -3.64. The Hall–Kier alpha value is -1.61. The van der Waals surface area contributed by atoms with E-state index >= 15 is 0 Å². The van der Waals surface area contributed by atoms with Crippen LogP contribution in [0.25, 0.3) is 0 Å². The highest BCUT2D eigenvalue weighted by molar-refractivity contribution is 7.91. The van der Waals surface area contributed by atoms with Crippen molar-refractivity contribution in [1.82, 2.24) is 0 Å². The third-order valence-corrected chi connectivity index (χ3v) is 4.26. The molecule has 0 unspecified atom stereocenters. The second kappa shape index (κ2) is 6.02. The van der Waals surface area contributed by atoms with Gasteiger partial charge in [-0.1, -0.05) is 0 Å². The monoisotopic (exact) mass is 336 g/mol. The zero-order valence-corrected chi connectivity index (χ0v) is 13.7. The molecule has 0 fully saturated rings. The van der Waals surface area contributed by atoms with Gasteiger partial charge in [0.25, 0.3) is 0 Å². The summed E-state index contributed by atoms with van der Waals surface area (Å²) in [6.07, 6.45) is 1.92. The number of hydrogen-bond acceptors (Lipinski definition) is 7. The Labute approximate surface area is 123 Å². The Kier molecular flexibility index (Phi) is 5.00. The van der Waals surface area contributed by atoms with E-state index in [4.69, 9.17) is 4.74 Å². The average Bonchev–Trinajstić information content (AvgIpc) is 2.33. The molecule has 0 bridgehead atoms. The van der Waals surface area contributed by atoms with Crippen molar-refractivity contribution in [1.29, 1.82) is 0 Å². The van der Waals surface area contributed by atoms with Gasteiger partial charge < -0.3 is 9.47 Å². The standard InChI is InChI=1S/C12H16O7S2/c1-8-9(12(13)18-2)5-6-10(21(4,16)17)11(8)19-7-20(3,14)15/h5-6H,7H2,1-4H3. The van der Waals surface area contributed by atoms with Crippen LogP contribution in [0.1, 0.15) is 15.9 Å². The lowest BCUT2D eigenvalue weighted by atomic mass is 10.1. The van der Waals surface area contributed by atoms with Crippen molar-refractivity contribution in [3.63, 3.8) is 0 Å². The van der Waals surface area contributed by atoms with E-state index in [2.05, 4.69) is 4.74 Å². The molecule has 7 nitrogen and oxygen atoms in total. The molecule has 9 heteroatoms. The lowest BCUT2D eigenvalue weighted by Gasteiger charge is -2.15. The van der Waals surface area contributed by atoms with E-state index in [1.807, 2.05) is 0 Å². The van der Waals surface area contributed by atoms with E-state index in [9.17, 15) is 21.6 Å². The zero-order valence-electron chi connectivity index (χ0n) is 12.0. The first-order valence-electron chi connectivity index (χ1n) is 5.70. The number of carbonyl (C=O) groups excluding carboxylic acids is 1. The van der Waals surface area contributed by atoms with E-state index in [0.29, 0.717) is 0 Å². The number of benzene rings is 1. The van der Waals surface area contributed by atoms with Crippen molar-refractivity contribution in [2.75, 3.05) is 25.6 Å². The van der Waals surface area contributed by atoms with Crippen LogP contribution in [0.5, 0.6) is 5.75 Å². The highest BCUT2D eigenvalue weighted by Crippen LogP contribution is 2.31. The van der Waals surface area contributed by atoms with Gasteiger partial charge in [0.05, 0.1) is 12.7 Å². The summed E-state index contributed by atoms with van der Waals surface area (Å²) in [6, 6.07) is 2.48. The lowest BCUT2D eigenvalue weighted by Crippen LogP contribution is -2.14. The van der Waals surface area contributed by atoms with Crippen molar-refractivity contribution in [3.8, 4) is 5.75 Å². The van der Waals surface area contributed by atoms with Crippen molar-refractivity contribution in [2.24, 2.45) is 0 Å². The molecule has 118 valence electrons. The number of hydrogen-bond donors (Lipinski definition) is 0. The molecule has 0 spiro atoms. The van der Waals surface area contributed by atoms with Crippen LogP contribution in [-0.4, -0.2) is 48.4 Å². The highest BCUT2D eigenvalue weighted by Gasteiger charge is 2.22. The van der Waals surface area contributed by atoms with Gasteiger partial charge >= 0.3 is 5.97 Å². The Balaban J connectivity index is 3.49. The SMILES string of the molecule is COC(=O)c1ccc(S(C)(=O)=O)c(OCS(C)(=O)=O)c1C. The number of sulfone groups is 2. The fraction of sp³-hybridized carbons (Fsp3) is 0.417. The largest absolute Gasteiger partial charge is 0.476 e. The van der Waals surface area contributed by atoms with Gasteiger partial charge in [0.2, 0.25) is 0 Å². The van der Waals surface area contributed by atoms with Gasteiger partial charge in [0.15, 0.2) is 25.6 Å². The highest BCUT2D eigenvalue weighted by atomic mass is 32.2. The second-order valence-electron chi connectivity index (χ2n) is 4.52. The minimum Gasteiger partial charge on any atom is -0.476 e. The molecule has 21 heavy (non-hydrogen) atoms. The van der Waals surface area contributed by atoms with Gasteiger partial charge in [0, 0.05) is 18.1 Å². The van der Waals surface area contributed by atoms with Crippen LogP contribution in [0, 0.1) is 6.92 Å². The summed E-state index contributed by atoms with van der Waals surface area (Å²) in [5.74, 6) is -1.52. The van der Waals surface area contributed by atoms with Crippen molar-refractivity contribution >= 4 is 25.6 Å². The molecule has 0 aromatic heterocycles. The van der Waals surface area contributed by atoms with Crippen molar-refractivity contribution in [3.05, 3.63) is 23.3 Å². The van der Waals surface area contributed by atoms with Crippen LogP contribution < -0.4 is 4.74 Å². The predicted octanol–water partition coefficient (Wildman–Crippen LogP) is 0.566. The summed E-state index contributed by atoms with van der Waals surface area (Å²) in [5.41, 5.74) is 0.307. The van der Waals surface area contributed by atoms with Gasteiger partial charge in [-0.15, -0.1) is 0 Å². The lowest BCUT2D eigenvalue weighted by molar-refractivity contribution is 0.0599. The van der Waals surface area contributed by atoms with Crippen LogP contribution in [0.3, 0.4) is 0 Å². The van der Waals surface area contributed by atoms with Crippen LogP contribution in [0.15, 0.2) is 17.0 Å².